The molecule has 210 valence electrons. The minimum absolute atomic E-state index is 0.184. The summed E-state index contributed by atoms with van der Waals surface area (Å²) in [5.74, 6) is -1.45. The summed E-state index contributed by atoms with van der Waals surface area (Å²) in [5, 5.41) is 0. The summed E-state index contributed by atoms with van der Waals surface area (Å²) >= 11 is 0. The average Bonchev–Trinajstić information content (AvgIpc) is 3.00. The van der Waals surface area contributed by atoms with Gasteiger partial charge < -0.3 is 20.1 Å². The van der Waals surface area contributed by atoms with Crippen molar-refractivity contribution in [3.8, 4) is 0 Å². The first kappa shape index (κ1) is 28.8. The molecule has 8 nitrogen and oxygen atoms in total. The number of ether oxygens (including phenoxy) is 2. The molecule has 0 radical (unpaired) electrons. The molecular weight excluding hydrogens is 506 g/mol. The van der Waals surface area contributed by atoms with Crippen LogP contribution in [-0.2, 0) is 30.5 Å². The Morgan fingerprint density at radius 2 is 1.60 bits per heavy atom. The number of hydrogen-bond acceptors (Lipinski definition) is 7. The van der Waals surface area contributed by atoms with Crippen LogP contribution in [0.2, 0.25) is 0 Å². The number of hydrogen-bond donors (Lipinski definition) is 1. The van der Waals surface area contributed by atoms with E-state index in [0.717, 1.165) is 11.1 Å². The van der Waals surface area contributed by atoms with Gasteiger partial charge in [0.05, 0.1) is 13.0 Å². The first-order valence-electron chi connectivity index (χ1n) is 13.6. The van der Waals surface area contributed by atoms with Gasteiger partial charge in [-0.05, 0) is 42.2 Å². The van der Waals surface area contributed by atoms with Crippen molar-refractivity contribution in [2.45, 2.75) is 44.2 Å². The monoisotopic (exact) mass is 543 g/mol. The largest absolute Gasteiger partial charge is 0.467 e. The smallest absolute Gasteiger partial charge is 0.332 e. The van der Waals surface area contributed by atoms with Crippen LogP contribution in [-0.4, -0.2) is 55.0 Å². The first-order valence-corrected chi connectivity index (χ1v) is 13.6. The SMILES string of the molecule is CCC(=O)N(c1cccc(N)c1)C1(C(=O)OC)CCN(CC(C(=O)OCc2ccccc2)c2ccccc2)CC1. The quantitative estimate of drug-likeness (QED) is 0.296. The Labute approximate surface area is 235 Å². The standard InChI is InChI=1S/C32H37N3O5/c1-3-29(36)35(27-16-10-15-26(33)21-27)32(31(38)39-2)17-19-34(20-18-32)22-28(25-13-8-5-9-14-25)30(37)40-23-24-11-6-4-7-12-24/h4-16,21,28H,3,17-20,22-23,33H2,1-2H3. The van der Waals surface area contributed by atoms with Gasteiger partial charge >= 0.3 is 11.9 Å². The molecule has 0 spiro atoms. The van der Waals surface area contributed by atoms with E-state index in [2.05, 4.69) is 4.90 Å². The number of nitrogens with two attached hydrogens (primary N) is 1. The number of amides is 1. The van der Waals surface area contributed by atoms with Gasteiger partial charge in [0.25, 0.3) is 0 Å². The van der Waals surface area contributed by atoms with Gasteiger partial charge in [-0.3, -0.25) is 14.5 Å². The van der Waals surface area contributed by atoms with E-state index in [1.807, 2.05) is 60.7 Å². The van der Waals surface area contributed by atoms with Gasteiger partial charge in [0.15, 0.2) is 0 Å². The highest BCUT2D eigenvalue weighted by Crippen LogP contribution is 2.37. The van der Waals surface area contributed by atoms with E-state index in [-0.39, 0.29) is 24.9 Å². The number of piperidine rings is 1. The maximum absolute atomic E-state index is 13.3. The summed E-state index contributed by atoms with van der Waals surface area (Å²) in [6.45, 7) is 3.37. The molecule has 1 heterocycles. The Kier molecular flexibility index (Phi) is 9.56. The summed E-state index contributed by atoms with van der Waals surface area (Å²) in [5.41, 5.74) is 7.72. The molecule has 8 heteroatoms. The lowest BCUT2D eigenvalue weighted by atomic mass is 9.84. The van der Waals surface area contributed by atoms with Crippen LogP contribution in [0.4, 0.5) is 11.4 Å². The summed E-state index contributed by atoms with van der Waals surface area (Å²) in [6, 6.07) is 26.2. The molecular formula is C32H37N3O5. The van der Waals surface area contributed by atoms with Crippen molar-refractivity contribution in [3.63, 3.8) is 0 Å². The molecule has 1 amide bonds. The molecule has 1 unspecified atom stereocenters. The highest BCUT2D eigenvalue weighted by atomic mass is 16.5. The molecule has 1 saturated heterocycles. The third kappa shape index (κ3) is 6.51. The van der Waals surface area contributed by atoms with Crippen LogP contribution < -0.4 is 10.6 Å². The Bertz CT molecular complexity index is 1290. The number of esters is 2. The minimum Gasteiger partial charge on any atom is -0.467 e. The Morgan fingerprint density at radius 3 is 2.20 bits per heavy atom. The highest BCUT2D eigenvalue weighted by molar-refractivity contribution is 6.02. The van der Waals surface area contributed by atoms with Crippen LogP contribution in [0.5, 0.6) is 0 Å². The van der Waals surface area contributed by atoms with Crippen molar-refractivity contribution in [3.05, 3.63) is 96.1 Å². The molecule has 0 saturated carbocycles. The summed E-state index contributed by atoms with van der Waals surface area (Å²) in [4.78, 5) is 43.7. The van der Waals surface area contributed by atoms with Crippen molar-refractivity contribution in [2.75, 3.05) is 37.4 Å². The second-order valence-electron chi connectivity index (χ2n) is 10.1. The first-order chi connectivity index (χ1) is 19.4. The average molecular weight is 544 g/mol. The van der Waals surface area contributed by atoms with E-state index in [1.165, 1.54) is 7.11 Å². The zero-order chi connectivity index (χ0) is 28.5. The van der Waals surface area contributed by atoms with Gasteiger partial charge in [-0.25, -0.2) is 4.79 Å². The van der Waals surface area contributed by atoms with Gasteiger partial charge in [0.1, 0.15) is 12.1 Å². The Hall–Kier alpha value is -4.17. The molecule has 0 aromatic heterocycles. The molecule has 40 heavy (non-hydrogen) atoms. The van der Waals surface area contributed by atoms with Crippen LogP contribution in [0.15, 0.2) is 84.9 Å². The fourth-order valence-corrected chi connectivity index (χ4v) is 5.36. The maximum Gasteiger partial charge on any atom is 0.332 e. The molecule has 0 aliphatic carbocycles. The lowest BCUT2D eigenvalue weighted by Crippen LogP contribution is -2.63. The van der Waals surface area contributed by atoms with E-state index in [9.17, 15) is 14.4 Å². The number of carbonyl (C=O) groups is 3. The predicted molar refractivity (Wildman–Crippen MR) is 154 cm³/mol. The summed E-state index contributed by atoms with van der Waals surface area (Å²) < 4.78 is 11.0. The van der Waals surface area contributed by atoms with Crippen LogP contribution in [0, 0.1) is 0 Å². The number of anilines is 2. The van der Waals surface area contributed by atoms with Gasteiger partial charge in [0.2, 0.25) is 5.91 Å². The van der Waals surface area contributed by atoms with Crippen LogP contribution in [0.25, 0.3) is 0 Å². The summed E-state index contributed by atoms with van der Waals surface area (Å²) in [6.07, 6.45) is 0.919. The number of likely N-dealkylation sites (tertiary alicyclic amines) is 1. The normalized spacial score (nSPS) is 15.6. The zero-order valence-electron chi connectivity index (χ0n) is 23.1. The molecule has 1 aliphatic rings. The third-order valence-electron chi connectivity index (χ3n) is 7.51. The van der Waals surface area contributed by atoms with Gasteiger partial charge in [-0.15, -0.1) is 0 Å². The maximum atomic E-state index is 13.3. The number of rotatable bonds is 10. The van der Waals surface area contributed by atoms with E-state index in [4.69, 9.17) is 15.2 Å². The second kappa shape index (κ2) is 13.3. The number of nitrogens with zero attached hydrogens (tertiary/aromatic N) is 2. The fourth-order valence-electron chi connectivity index (χ4n) is 5.36. The second-order valence-corrected chi connectivity index (χ2v) is 10.1. The molecule has 1 atom stereocenters. The number of carbonyl (C=O) groups excluding carboxylic acids is 3. The van der Waals surface area contributed by atoms with Gasteiger partial charge in [0, 0.05) is 37.4 Å². The van der Waals surface area contributed by atoms with Crippen molar-refractivity contribution >= 4 is 29.2 Å². The Balaban J connectivity index is 1.55. The van der Waals surface area contributed by atoms with Crippen LogP contribution in [0.3, 0.4) is 0 Å². The minimum atomic E-state index is -1.18. The molecule has 4 rings (SSSR count). The third-order valence-corrected chi connectivity index (χ3v) is 7.51. The van der Waals surface area contributed by atoms with Crippen molar-refractivity contribution in [1.82, 2.24) is 4.90 Å². The molecule has 3 aromatic carbocycles. The van der Waals surface area contributed by atoms with E-state index >= 15 is 0 Å². The van der Waals surface area contributed by atoms with Crippen molar-refractivity contribution < 1.29 is 23.9 Å². The molecule has 1 aliphatic heterocycles. The fraction of sp³-hybridized carbons (Fsp3) is 0.344. The van der Waals surface area contributed by atoms with E-state index in [0.29, 0.717) is 43.9 Å². The number of benzene rings is 3. The lowest BCUT2D eigenvalue weighted by molar-refractivity contribution is -0.152. The number of methoxy groups -OCH3 is 1. The molecule has 3 aromatic rings. The lowest BCUT2D eigenvalue weighted by Gasteiger charge is -2.47. The van der Waals surface area contributed by atoms with E-state index < -0.39 is 17.4 Å². The summed E-state index contributed by atoms with van der Waals surface area (Å²) in [7, 11) is 1.35. The molecule has 0 bridgehead atoms. The van der Waals surface area contributed by atoms with Gasteiger partial charge in [-0.1, -0.05) is 73.7 Å². The van der Waals surface area contributed by atoms with E-state index in [1.54, 1.807) is 36.1 Å². The predicted octanol–water partition coefficient (Wildman–Crippen LogP) is 4.55. The highest BCUT2D eigenvalue weighted by Gasteiger charge is 2.50. The topological polar surface area (TPSA) is 102 Å². The van der Waals surface area contributed by atoms with Crippen LogP contribution >= 0.6 is 0 Å². The molecule has 2 N–H and O–H groups in total. The van der Waals surface area contributed by atoms with Crippen molar-refractivity contribution in [1.29, 1.82) is 0 Å². The number of nitrogen functional groups attached to an aromatic ring is 1. The van der Waals surface area contributed by atoms with Gasteiger partial charge in [-0.2, -0.15) is 0 Å². The molecule has 1 fully saturated rings. The van der Waals surface area contributed by atoms with Crippen molar-refractivity contribution in [2.24, 2.45) is 0 Å². The zero-order valence-corrected chi connectivity index (χ0v) is 23.1. The van der Waals surface area contributed by atoms with Crippen LogP contribution in [0.1, 0.15) is 43.2 Å². The Morgan fingerprint density at radius 1 is 0.950 bits per heavy atom.